The van der Waals surface area contributed by atoms with E-state index in [1.807, 2.05) is 20.0 Å². The Morgan fingerprint density at radius 2 is 2.04 bits per heavy atom. The molecule has 0 spiro atoms. The molecular formula is C20H24N6O2. The number of hydrogen-bond acceptors (Lipinski definition) is 6. The van der Waals surface area contributed by atoms with Crippen LogP contribution < -0.4 is 10.9 Å². The van der Waals surface area contributed by atoms with Gasteiger partial charge < -0.3 is 14.6 Å². The van der Waals surface area contributed by atoms with Gasteiger partial charge in [0.2, 0.25) is 0 Å². The molecule has 0 bridgehead atoms. The van der Waals surface area contributed by atoms with Gasteiger partial charge in [0.1, 0.15) is 17.9 Å². The highest BCUT2D eigenvalue weighted by atomic mass is 16.5. The Bertz CT molecular complexity index is 1100. The average Bonchev–Trinajstić information content (AvgIpc) is 3.26. The zero-order chi connectivity index (χ0) is 19.3. The minimum absolute atomic E-state index is 0.0505. The van der Waals surface area contributed by atoms with Crippen LogP contribution in [-0.4, -0.2) is 43.6 Å². The Labute approximate surface area is 162 Å². The summed E-state index contributed by atoms with van der Waals surface area (Å²) in [7, 11) is 2.00. The summed E-state index contributed by atoms with van der Waals surface area (Å²) in [6, 6.07) is 3.56. The number of aromatic nitrogens is 5. The maximum atomic E-state index is 12.7. The highest BCUT2D eigenvalue weighted by molar-refractivity contribution is 5.87. The molecule has 1 aliphatic carbocycles. The van der Waals surface area contributed by atoms with Crippen LogP contribution in [0, 0.1) is 6.92 Å². The molecule has 8 nitrogen and oxygen atoms in total. The third-order valence-corrected chi connectivity index (χ3v) is 5.98. The van der Waals surface area contributed by atoms with E-state index in [0.29, 0.717) is 13.2 Å². The first-order valence-electron chi connectivity index (χ1n) is 9.85. The van der Waals surface area contributed by atoms with Crippen molar-refractivity contribution in [1.82, 2.24) is 24.3 Å². The van der Waals surface area contributed by atoms with Crippen LogP contribution in [0.4, 0.5) is 5.82 Å². The molecule has 146 valence electrons. The van der Waals surface area contributed by atoms with Crippen molar-refractivity contribution in [2.45, 2.75) is 44.7 Å². The topological polar surface area (TPSA) is 86.9 Å². The van der Waals surface area contributed by atoms with Gasteiger partial charge in [0.15, 0.2) is 5.82 Å². The summed E-state index contributed by atoms with van der Waals surface area (Å²) in [5.74, 6) is 0.757. The molecular weight excluding hydrogens is 356 g/mol. The van der Waals surface area contributed by atoms with Gasteiger partial charge in [-0.1, -0.05) is 0 Å². The molecule has 0 amide bonds. The second kappa shape index (κ2) is 6.70. The van der Waals surface area contributed by atoms with Gasteiger partial charge in [0.05, 0.1) is 30.5 Å². The summed E-state index contributed by atoms with van der Waals surface area (Å²) in [5.41, 5.74) is 5.08. The third kappa shape index (κ3) is 2.79. The summed E-state index contributed by atoms with van der Waals surface area (Å²) >= 11 is 0. The largest absolute Gasteiger partial charge is 0.377 e. The number of aryl methyl sites for hydroxylation is 4. The number of hydrogen-bond donors (Lipinski definition) is 1. The van der Waals surface area contributed by atoms with Crippen molar-refractivity contribution >= 4 is 16.9 Å². The van der Waals surface area contributed by atoms with Crippen LogP contribution in [0.1, 0.15) is 35.8 Å². The predicted molar refractivity (Wildman–Crippen MR) is 106 cm³/mol. The van der Waals surface area contributed by atoms with Crippen LogP contribution >= 0.6 is 0 Å². The van der Waals surface area contributed by atoms with Crippen molar-refractivity contribution in [3.63, 3.8) is 0 Å². The zero-order valence-corrected chi connectivity index (χ0v) is 16.2. The molecule has 2 atom stereocenters. The molecule has 2 aliphatic rings. The van der Waals surface area contributed by atoms with E-state index in [-0.39, 0.29) is 17.6 Å². The van der Waals surface area contributed by atoms with Gasteiger partial charge >= 0.3 is 0 Å². The molecule has 0 aromatic carbocycles. The van der Waals surface area contributed by atoms with Crippen molar-refractivity contribution < 1.29 is 4.74 Å². The second-order valence-electron chi connectivity index (χ2n) is 7.76. The van der Waals surface area contributed by atoms with E-state index in [1.165, 1.54) is 0 Å². The Morgan fingerprint density at radius 1 is 1.18 bits per heavy atom. The number of nitrogens with one attached hydrogen (secondary N) is 1. The quantitative estimate of drug-likeness (QED) is 0.745. The van der Waals surface area contributed by atoms with Gasteiger partial charge in [-0.3, -0.25) is 4.79 Å². The first kappa shape index (κ1) is 17.4. The van der Waals surface area contributed by atoms with Gasteiger partial charge in [-0.05, 0) is 44.2 Å². The van der Waals surface area contributed by atoms with E-state index in [1.54, 1.807) is 17.1 Å². The minimum atomic E-state index is -0.161. The number of rotatable bonds is 3. The summed E-state index contributed by atoms with van der Waals surface area (Å²) in [4.78, 5) is 21.6. The van der Waals surface area contributed by atoms with E-state index in [2.05, 4.69) is 19.9 Å². The molecule has 1 saturated heterocycles. The second-order valence-corrected chi connectivity index (χ2v) is 7.76. The monoisotopic (exact) mass is 380 g/mol. The van der Waals surface area contributed by atoms with Crippen LogP contribution in [0.5, 0.6) is 0 Å². The molecule has 1 N–H and O–H groups in total. The SMILES string of the molecule is Cc1cc2ncnc(NC3COCC3n3nc4c(cc3=O)CCCC4)c2n1C. The van der Waals surface area contributed by atoms with E-state index >= 15 is 0 Å². The Balaban J connectivity index is 1.50. The Hall–Kier alpha value is -2.74. The highest BCUT2D eigenvalue weighted by Gasteiger charge is 2.33. The van der Waals surface area contributed by atoms with Gasteiger partial charge in [-0.15, -0.1) is 0 Å². The van der Waals surface area contributed by atoms with Gasteiger partial charge in [0.25, 0.3) is 5.56 Å². The lowest BCUT2D eigenvalue weighted by molar-refractivity contribution is 0.182. The minimum Gasteiger partial charge on any atom is -0.377 e. The summed E-state index contributed by atoms with van der Waals surface area (Å²) in [5, 5.41) is 8.21. The van der Waals surface area contributed by atoms with Crippen LogP contribution in [0.3, 0.4) is 0 Å². The molecule has 8 heteroatoms. The fourth-order valence-electron chi connectivity index (χ4n) is 4.32. The molecule has 5 rings (SSSR count). The van der Waals surface area contributed by atoms with Crippen molar-refractivity contribution in [1.29, 1.82) is 0 Å². The molecule has 1 aliphatic heterocycles. The van der Waals surface area contributed by atoms with Crippen molar-refractivity contribution in [2.24, 2.45) is 7.05 Å². The van der Waals surface area contributed by atoms with Crippen molar-refractivity contribution in [3.05, 3.63) is 45.8 Å². The maximum Gasteiger partial charge on any atom is 0.267 e. The van der Waals surface area contributed by atoms with Crippen LogP contribution in [0.15, 0.2) is 23.3 Å². The zero-order valence-electron chi connectivity index (χ0n) is 16.2. The molecule has 2 unspecified atom stereocenters. The molecule has 3 aromatic rings. The van der Waals surface area contributed by atoms with Crippen LogP contribution in [-0.2, 0) is 24.6 Å². The molecule has 1 fully saturated rings. The molecule has 28 heavy (non-hydrogen) atoms. The molecule has 0 radical (unpaired) electrons. The van der Waals surface area contributed by atoms with Gasteiger partial charge in [-0.2, -0.15) is 5.10 Å². The van der Waals surface area contributed by atoms with E-state index in [4.69, 9.17) is 9.84 Å². The number of anilines is 1. The predicted octanol–water partition coefficient (Wildman–Crippen LogP) is 1.76. The summed E-state index contributed by atoms with van der Waals surface area (Å²) < 4.78 is 9.42. The fourth-order valence-corrected chi connectivity index (χ4v) is 4.32. The Morgan fingerprint density at radius 3 is 2.93 bits per heavy atom. The maximum absolute atomic E-state index is 12.7. The van der Waals surface area contributed by atoms with E-state index < -0.39 is 0 Å². The van der Waals surface area contributed by atoms with Crippen molar-refractivity contribution in [2.75, 3.05) is 18.5 Å². The van der Waals surface area contributed by atoms with Gasteiger partial charge in [0, 0.05) is 18.8 Å². The van der Waals surface area contributed by atoms with Crippen LogP contribution in [0.25, 0.3) is 11.0 Å². The van der Waals surface area contributed by atoms with Crippen molar-refractivity contribution in [3.8, 4) is 0 Å². The number of fused-ring (bicyclic) bond motifs is 2. The third-order valence-electron chi connectivity index (χ3n) is 5.98. The fraction of sp³-hybridized carbons (Fsp3) is 0.500. The average molecular weight is 380 g/mol. The Kier molecular flexibility index (Phi) is 4.16. The summed E-state index contributed by atoms with van der Waals surface area (Å²) in [6.45, 7) is 3.01. The standard InChI is InChI=1S/C20H24N6O2/c1-12-7-15-19(25(12)2)20(22-11-21-15)23-16-9-28-10-17(16)26-18(27)8-13-5-3-4-6-14(13)24-26/h7-8,11,16-17H,3-6,9-10H2,1-2H3,(H,21,22,23). The molecule has 0 saturated carbocycles. The molecule has 3 aromatic heterocycles. The van der Waals surface area contributed by atoms with E-state index in [9.17, 15) is 4.79 Å². The number of ether oxygens (including phenoxy) is 1. The summed E-state index contributed by atoms with van der Waals surface area (Å²) in [6.07, 6.45) is 5.73. The lowest BCUT2D eigenvalue weighted by Gasteiger charge is -2.23. The van der Waals surface area contributed by atoms with Crippen LogP contribution in [0.2, 0.25) is 0 Å². The first-order chi connectivity index (χ1) is 13.6. The normalized spacial score (nSPS) is 21.8. The van der Waals surface area contributed by atoms with E-state index in [0.717, 1.165) is 59.5 Å². The number of nitrogens with zero attached hydrogens (tertiary/aromatic N) is 5. The highest BCUT2D eigenvalue weighted by Crippen LogP contribution is 2.27. The lowest BCUT2D eigenvalue weighted by Crippen LogP contribution is -2.38. The lowest BCUT2D eigenvalue weighted by atomic mass is 9.97. The first-order valence-corrected chi connectivity index (χ1v) is 9.85. The smallest absolute Gasteiger partial charge is 0.267 e. The van der Waals surface area contributed by atoms with Gasteiger partial charge in [-0.25, -0.2) is 14.6 Å². The molecule has 4 heterocycles.